The first-order valence-corrected chi connectivity index (χ1v) is 10.8. The van der Waals surface area contributed by atoms with E-state index >= 15 is 0 Å². The molecule has 0 spiro atoms. The number of fused-ring (bicyclic) bond motifs is 1. The zero-order valence-electron chi connectivity index (χ0n) is 18.2. The van der Waals surface area contributed by atoms with Crippen molar-refractivity contribution in [3.8, 4) is 28.3 Å². The van der Waals surface area contributed by atoms with Crippen LogP contribution in [0.25, 0.3) is 33.3 Å². The molecule has 0 fully saturated rings. The number of hydrogen-bond acceptors (Lipinski definition) is 3. The molecule has 5 aromatic rings. The number of hydrogen-bond donors (Lipinski definition) is 2. The van der Waals surface area contributed by atoms with Crippen LogP contribution in [0.3, 0.4) is 0 Å². The van der Waals surface area contributed by atoms with E-state index in [1.54, 1.807) is 7.11 Å². The van der Waals surface area contributed by atoms with Crippen LogP contribution in [0.5, 0.6) is 5.75 Å². The third-order valence-electron chi connectivity index (χ3n) is 5.69. The Morgan fingerprint density at radius 3 is 2.55 bits per heavy atom. The first kappa shape index (κ1) is 20.5. The molecule has 1 amide bonds. The fraction of sp³-hybridized carbons (Fsp3) is 0.0714. The molecule has 0 aliphatic heterocycles. The maximum absolute atomic E-state index is 12.6. The monoisotopic (exact) mass is 433 g/mol. The number of aromatic nitrogens is 2. The van der Waals surface area contributed by atoms with Gasteiger partial charge in [0.1, 0.15) is 5.75 Å². The number of rotatable bonds is 6. The highest BCUT2D eigenvalue weighted by Gasteiger charge is 2.10. The number of carbonyl (C=O) groups is 1. The van der Waals surface area contributed by atoms with Crippen molar-refractivity contribution in [2.45, 2.75) is 6.54 Å². The molecule has 0 saturated carbocycles. The third kappa shape index (κ3) is 4.34. The quantitative estimate of drug-likeness (QED) is 0.354. The molecule has 5 nitrogen and oxygen atoms in total. The van der Waals surface area contributed by atoms with Gasteiger partial charge in [0, 0.05) is 23.2 Å². The summed E-state index contributed by atoms with van der Waals surface area (Å²) < 4.78 is 5.23. The summed E-state index contributed by atoms with van der Waals surface area (Å²) in [6.07, 6.45) is 0. The number of methoxy groups -OCH3 is 1. The van der Waals surface area contributed by atoms with Gasteiger partial charge in [-0.25, -0.2) is 0 Å². The lowest BCUT2D eigenvalue weighted by atomic mass is 10.0. The van der Waals surface area contributed by atoms with Crippen molar-refractivity contribution in [3.63, 3.8) is 0 Å². The summed E-state index contributed by atoms with van der Waals surface area (Å²) in [6.45, 7) is 0.436. The van der Waals surface area contributed by atoms with Gasteiger partial charge in [-0.1, -0.05) is 66.7 Å². The number of nitrogens with one attached hydrogen (secondary N) is 2. The minimum absolute atomic E-state index is 0.122. The number of amides is 1. The normalized spacial score (nSPS) is 10.8. The Kier molecular flexibility index (Phi) is 5.60. The van der Waals surface area contributed by atoms with Crippen molar-refractivity contribution in [1.29, 1.82) is 0 Å². The molecule has 0 unspecified atom stereocenters. The second-order valence-corrected chi connectivity index (χ2v) is 7.81. The summed E-state index contributed by atoms with van der Waals surface area (Å²) in [6, 6.07) is 31.7. The van der Waals surface area contributed by atoms with Gasteiger partial charge in [0.25, 0.3) is 5.91 Å². The van der Waals surface area contributed by atoms with Crippen LogP contribution in [0, 0.1) is 0 Å². The molecule has 2 N–H and O–H groups in total. The van der Waals surface area contributed by atoms with Gasteiger partial charge in [-0.3, -0.25) is 9.89 Å². The van der Waals surface area contributed by atoms with Crippen LogP contribution in [-0.4, -0.2) is 23.2 Å². The van der Waals surface area contributed by atoms with Crippen LogP contribution < -0.4 is 10.1 Å². The lowest BCUT2D eigenvalue weighted by Crippen LogP contribution is -2.22. The van der Waals surface area contributed by atoms with Crippen molar-refractivity contribution in [3.05, 3.63) is 108 Å². The minimum atomic E-state index is -0.122. The van der Waals surface area contributed by atoms with Gasteiger partial charge in [0.15, 0.2) is 0 Å². The average Bonchev–Trinajstić information content (AvgIpc) is 3.37. The number of carbonyl (C=O) groups excluding carboxylic acids is 1. The van der Waals surface area contributed by atoms with Crippen LogP contribution in [0.2, 0.25) is 0 Å². The molecule has 0 aliphatic carbocycles. The molecule has 33 heavy (non-hydrogen) atoms. The van der Waals surface area contributed by atoms with Crippen LogP contribution in [-0.2, 0) is 6.54 Å². The number of nitrogens with zero attached hydrogens (tertiary/aromatic N) is 1. The van der Waals surface area contributed by atoms with E-state index in [-0.39, 0.29) is 5.91 Å². The van der Waals surface area contributed by atoms with Crippen molar-refractivity contribution in [1.82, 2.24) is 15.5 Å². The molecule has 5 rings (SSSR count). The standard InChI is InChI=1S/C28H23N3O2/c1-33-23-9-4-6-19(16-23)18-29-28(32)22-14-12-21(13-15-22)26-17-27(31-30-26)25-11-5-8-20-7-2-3-10-24(20)25/h2-17H,18H2,1H3,(H,29,32)(H,30,31). The highest BCUT2D eigenvalue weighted by atomic mass is 16.5. The molecular formula is C28H23N3O2. The molecule has 0 aliphatic rings. The van der Waals surface area contributed by atoms with Crippen molar-refractivity contribution in [2.75, 3.05) is 7.11 Å². The Balaban J connectivity index is 1.31. The number of H-pyrrole nitrogens is 1. The second kappa shape index (κ2) is 9.01. The highest BCUT2D eigenvalue weighted by Crippen LogP contribution is 2.30. The molecule has 4 aromatic carbocycles. The fourth-order valence-corrected chi connectivity index (χ4v) is 3.93. The van der Waals surface area contributed by atoms with Crippen LogP contribution in [0.15, 0.2) is 97.1 Å². The van der Waals surface area contributed by atoms with Crippen molar-refractivity contribution >= 4 is 16.7 Å². The Hall–Kier alpha value is -4.38. The van der Waals surface area contributed by atoms with E-state index in [0.717, 1.165) is 33.8 Å². The van der Waals surface area contributed by atoms with E-state index < -0.39 is 0 Å². The van der Waals surface area contributed by atoms with E-state index in [1.807, 2.05) is 66.7 Å². The summed E-state index contributed by atoms with van der Waals surface area (Å²) >= 11 is 0. The Bertz CT molecular complexity index is 1420. The molecule has 1 aromatic heterocycles. The Morgan fingerprint density at radius 2 is 1.70 bits per heavy atom. The largest absolute Gasteiger partial charge is 0.497 e. The van der Waals surface area contributed by atoms with Crippen LogP contribution in [0.1, 0.15) is 15.9 Å². The first-order valence-electron chi connectivity index (χ1n) is 10.8. The molecule has 162 valence electrons. The van der Waals surface area contributed by atoms with E-state index in [9.17, 15) is 4.79 Å². The first-order chi connectivity index (χ1) is 16.2. The maximum Gasteiger partial charge on any atom is 0.251 e. The minimum Gasteiger partial charge on any atom is -0.497 e. The molecule has 0 radical (unpaired) electrons. The zero-order chi connectivity index (χ0) is 22.6. The summed E-state index contributed by atoms with van der Waals surface area (Å²) in [4.78, 5) is 12.6. The molecule has 0 atom stereocenters. The van der Waals surface area contributed by atoms with Gasteiger partial charge < -0.3 is 10.1 Å². The van der Waals surface area contributed by atoms with E-state index in [2.05, 4.69) is 45.8 Å². The van der Waals surface area contributed by atoms with Crippen molar-refractivity contribution in [2.24, 2.45) is 0 Å². The SMILES string of the molecule is COc1cccc(CNC(=O)c2ccc(-c3cc(-c4cccc5ccccc45)[nH]n3)cc2)c1. The number of ether oxygens (including phenoxy) is 1. The lowest BCUT2D eigenvalue weighted by Gasteiger charge is -2.07. The molecule has 1 heterocycles. The number of aromatic amines is 1. The lowest BCUT2D eigenvalue weighted by molar-refractivity contribution is 0.0951. The summed E-state index contributed by atoms with van der Waals surface area (Å²) in [5.41, 5.74) is 5.44. The Morgan fingerprint density at radius 1 is 0.909 bits per heavy atom. The second-order valence-electron chi connectivity index (χ2n) is 7.81. The summed E-state index contributed by atoms with van der Waals surface area (Å²) in [5, 5.41) is 13.0. The van der Waals surface area contributed by atoms with Gasteiger partial charge in [-0.2, -0.15) is 5.10 Å². The predicted octanol–water partition coefficient (Wildman–Crippen LogP) is 5.84. The zero-order valence-corrected chi connectivity index (χ0v) is 18.2. The van der Waals surface area contributed by atoms with E-state index in [1.165, 1.54) is 10.8 Å². The van der Waals surface area contributed by atoms with Gasteiger partial charge >= 0.3 is 0 Å². The average molecular weight is 434 g/mol. The third-order valence-corrected chi connectivity index (χ3v) is 5.69. The topological polar surface area (TPSA) is 67.0 Å². The Labute approximate surface area is 192 Å². The predicted molar refractivity (Wildman–Crippen MR) is 131 cm³/mol. The van der Waals surface area contributed by atoms with E-state index in [0.29, 0.717) is 12.1 Å². The van der Waals surface area contributed by atoms with Gasteiger partial charge in [-0.15, -0.1) is 0 Å². The summed E-state index contributed by atoms with van der Waals surface area (Å²) in [5.74, 6) is 0.649. The molecule has 5 heteroatoms. The molecule has 0 saturated heterocycles. The van der Waals surface area contributed by atoms with Gasteiger partial charge in [0.05, 0.1) is 18.5 Å². The highest BCUT2D eigenvalue weighted by molar-refractivity contribution is 5.96. The fourth-order valence-electron chi connectivity index (χ4n) is 3.93. The van der Waals surface area contributed by atoms with E-state index in [4.69, 9.17) is 4.74 Å². The van der Waals surface area contributed by atoms with Gasteiger partial charge in [-0.05, 0) is 46.7 Å². The van der Waals surface area contributed by atoms with Crippen molar-refractivity contribution < 1.29 is 9.53 Å². The molecular weight excluding hydrogens is 410 g/mol. The molecule has 0 bridgehead atoms. The smallest absolute Gasteiger partial charge is 0.251 e. The van der Waals surface area contributed by atoms with Crippen LogP contribution >= 0.6 is 0 Å². The maximum atomic E-state index is 12.6. The van der Waals surface area contributed by atoms with Crippen LogP contribution in [0.4, 0.5) is 0 Å². The summed E-state index contributed by atoms with van der Waals surface area (Å²) in [7, 11) is 1.63. The van der Waals surface area contributed by atoms with Gasteiger partial charge in [0.2, 0.25) is 0 Å². The number of benzene rings is 4.